The number of aliphatic hydroxyl groups excluding tert-OH is 1. The highest BCUT2D eigenvalue weighted by Crippen LogP contribution is 2.72. The molecule has 1 aliphatic carbocycles. The van der Waals surface area contributed by atoms with Gasteiger partial charge in [0.25, 0.3) is 0 Å². The predicted molar refractivity (Wildman–Crippen MR) is 81.2 cm³/mol. The van der Waals surface area contributed by atoms with Crippen LogP contribution in [0.25, 0.3) is 0 Å². The van der Waals surface area contributed by atoms with Crippen LogP contribution < -0.4 is 0 Å². The minimum atomic E-state index is -0.327. The van der Waals surface area contributed by atoms with Gasteiger partial charge in [0.05, 0.1) is 6.10 Å². The fourth-order valence-corrected chi connectivity index (χ4v) is 3.68. The van der Waals surface area contributed by atoms with Crippen LogP contribution in [0, 0.1) is 16.7 Å². The van der Waals surface area contributed by atoms with Gasteiger partial charge < -0.3 is 5.11 Å². The Morgan fingerprint density at radius 2 is 1.63 bits per heavy atom. The van der Waals surface area contributed by atoms with Crippen LogP contribution in [0.4, 0.5) is 0 Å². The van der Waals surface area contributed by atoms with Gasteiger partial charge in [-0.3, -0.25) is 0 Å². The molecule has 19 heavy (non-hydrogen) atoms. The van der Waals surface area contributed by atoms with Gasteiger partial charge in [0.1, 0.15) is 0 Å². The fourth-order valence-electron chi connectivity index (χ4n) is 3.68. The topological polar surface area (TPSA) is 20.2 Å². The van der Waals surface area contributed by atoms with Gasteiger partial charge in [0.2, 0.25) is 0 Å². The molecule has 1 heteroatoms. The van der Waals surface area contributed by atoms with E-state index in [0.717, 1.165) is 18.4 Å². The van der Waals surface area contributed by atoms with Crippen molar-refractivity contribution in [1.82, 2.24) is 0 Å². The Hall–Kier alpha value is -0.820. The van der Waals surface area contributed by atoms with Crippen molar-refractivity contribution in [2.75, 3.05) is 0 Å². The molecule has 0 bridgehead atoms. The molecular weight excluding hydrogens is 232 g/mol. The lowest BCUT2D eigenvalue weighted by molar-refractivity contribution is 0.130. The highest BCUT2D eigenvalue weighted by atomic mass is 16.3. The van der Waals surface area contributed by atoms with E-state index in [-0.39, 0.29) is 16.9 Å². The number of hydrogen-bond donors (Lipinski definition) is 1. The summed E-state index contributed by atoms with van der Waals surface area (Å²) < 4.78 is 0. The standard InChI is InChI=1S/C18H28O/c1-7-12-9-10-13(8-2)14(11-12)15(19)16-17(3,4)18(16,5)6/h9-11,15-16,19H,7-8H2,1-6H3. The molecule has 1 saturated carbocycles. The molecular formula is C18H28O. The molecule has 1 N–H and O–H groups in total. The van der Waals surface area contributed by atoms with E-state index in [2.05, 4.69) is 59.7 Å². The predicted octanol–water partition coefficient (Wildman–Crippen LogP) is 4.53. The number of rotatable bonds is 4. The van der Waals surface area contributed by atoms with E-state index in [9.17, 15) is 5.11 Å². The first kappa shape index (κ1) is 14.6. The van der Waals surface area contributed by atoms with Gasteiger partial charge in [0.15, 0.2) is 0 Å². The number of hydrogen-bond acceptors (Lipinski definition) is 1. The van der Waals surface area contributed by atoms with E-state index >= 15 is 0 Å². The molecule has 0 saturated heterocycles. The van der Waals surface area contributed by atoms with Crippen molar-refractivity contribution in [2.45, 2.75) is 60.5 Å². The van der Waals surface area contributed by atoms with Crippen molar-refractivity contribution in [3.8, 4) is 0 Å². The summed E-state index contributed by atoms with van der Waals surface area (Å²) in [5.41, 5.74) is 4.22. The Bertz CT molecular complexity index is 457. The van der Waals surface area contributed by atoms with Crippen molar-refractivity contribution in [3.63, 3.8) is 0 Å². The normalized spacial score (nSPS) is 22.3. The Kier molecular flexibility index (Phi) is 3.55. The molecule has 0 spiro atoms. The molecule has 1 aromatic rings. The highest BCUT2D eigenvalue weighted by Gasteiger charge is 2.67. The number of benzene rings is 1. The van der Waals surface area contributed by atoms with Crippen LogP contribution in [0.15, 0.2) is 18.2 Å². The van der Waals surface area contributed by atoms with Crippen LogP contribution >= 0.6 is 0 Å². The summed E-state index contributed by atoms with van der Waals surface area (Å²) in [7, 11) is 0. The molecule has 0 aromatic heterocycles. The monoisotopic (exact) mass is 260 g/mol. The average molecular weight is 260 g/mol. The first-order valence-corrected chi connectivity index (χ1v) is 7.57. The largest absolute Gasteiger partial charge is 0.388 e. The van der Waals surface area contributed by atoms with Crippen molar-refractivity contribution in [3.05, 3.63) is 34.9 Å². The molecule has 0 aliphatic heterocycles. The zero-order valence-electron chi connectivity index (χ0n) is 13.2. The van der Waals surface area contributed by atoms with Crippen molar-refractivity contribution >= 4 is 0 Å². The number of aliphatic hydroxyl groups is 1. The van der Waals surface area contributed by atoms with Gasteiger partial charge in [-0.2, -0.15) is 0 Å². The van der Waals surface area contributed by atoms with Gasteiger partial charge in [-0.15, -0.1) is 0 Å². The first-order valence-electron chi connectivity index (χ1n) is 7.57. The third kappa shape index (κ3) is 2.12. The summed E-state index contributed by atoms with van der Waals surface area (Å²) in [5, 5.41) is 10.9. The maximum atomic E-state index is 10.9. The Balaban J connectivity index is 2.37. The molecule has 1 fully saturated rings. The average Bonchev–Trinajstić information content (AvgIpc) is 2.78. The fraction of sp³-hybridized carbons (Fsp3) is 0.667. The number of aryl methyl sites for hydroxylation is 2. The second kappa shape index (κ2) is 4.63. The minimum Gasteiger partial charge on any atom is -0.388 e. The lowest BCUT2D eigenvalue weighted by Gasteiger charge is -2.18. The van der Waals surface area contributed by atoms with Crippen molar-refractivity contribution < 1.29 is 5.11 Å². The second-order valence-electron chi connectivity index (χ2n) is 7.11. The molecule has 1 nitrogen and oxygen atoms in total. The van der Waals surface area contributed by atoms with Gasteiger partial charge in [-0.1, -0.05) is 59.7 Å². The molecule has 1 aliphatic rings. The molecule has 1 unspecified atom stereocenters. The van der Waals surface area contributed by atoms with E-state index in [4.69, 9.17) is 0 Å². The molecule has 0 radical (unpaired) electrons. The van der Waals surface area contributed by atoms with Gasteiger partial charge in [-0.05, 0) is 40.4 Å². The van der Waals surface area contributed by atoms with Crippen LogP contribution in [0.2, 0.25) is 0 Å². The third-order valence-electron chi connectivity index (χ3n) is 5.77. The van der Waals surface area contributed by atoms with E-state index in [1.165, 1.54) is 11.1 Å². The summed E-state index contributed by atoms with van der Waals surface area (Å²) in [5.74, 6) is 0.359. The Labute approximate surface area is 118 Å². The third-order valence-corrected chi connectivity index (χ3v) is 5.77. The van der Waals surface area contributed by atoms with E-state index in [1.54, 1.807) is 0 Å². The Morgan fingerprint density at radius 1 is 1.05 bits per heavy atom. The van der Waals surface area contributed by atoms with Crippen LogP contribution in [-0.2, 0) is 12.8 Å². The van der Waals surface area contributed by atoms with Gasteiger partial charge >= 0.3 is 0 Å². The van der Waals surface area contributed by atoms with E-state index in [1.807, 2.05) is 0 Å². The zero-order chi connectivity index (χ0) is 14.4. The first-order chi connectivity index (χ1) is 8.77. The van der Waals surface area contributed by atoms with Crippen LogP contribution in [0.1, 0.15) is 64.3 Å². The molecule has 1 aromatic carbocycles. The molecule has 2 rings (SSSR count). The smallest absolute Gasteiger partial charge is 0.0831 e. The molecule has 1 atom stereocenters. The Morgan fingerprint density at radius 3 is 2.05 bits per heavy atom. The van der Waals surface area contributed by atoms with E-state index < -0.39 is 0 Å². The van der Waals surface area contributed by atoms with Gasteiger partial charge in [0, 0.05) is 5.92 Å². The maximum Gasteiger partial charge on any atom is 0.0831 e. The van der Waals surface area contributed by atoms with Gasteiger partial charge in [-0.25, -0.2) is 0 Å². The highest BCUT2D eigenvalue weighted by molar-refractivity contribution is 5.36. The van der Waals surface area contributed by atoms with Crippen molar-refractivity contribution in [2.24, 2.45) is 16.7 Å². The summed E-state index contributed by atoms with van der Waals surface area (Å²) in [4.78, 5) is 0. The summed E-state index contributed by atoms with van der Waals surface area (Å²) in [6.45, 7) is 13.4. The summed E-state index contributed by atoms with van der Waals surface area (Å²) in [6, 6.07) is 6.60. The molecule has 106 valence electrons. The van der Waals surface area contributed by atoms with Crippen LogP contribution in [-0.4, -0.2) is 5.11 Å². The quantitative estimate of drug-likeness (QED) is 0.843. The maximum absolute atomic E-state index is 10.9. The van der Waals surface area contributed by atoms with Crippen LogP contribution in [0.3, 0.4) is 0 Å². The SMILES string of the molecule is CCc1ccc(CC)c(C(O)C2C(C)(C)C2(C)C)c1. The second-order valence-corrected chi connectivity index (χ2v) is 7.11. The van der Waals surface area contributed by atoms with Crippen LogP contribution in [0.5, 0.6) is 0 Å². The summed E-state index contributed by atoms with van der Waals surface area (Å²) >= 11 is 0. The zero-order valence-corrected chi connectivity index (χ0v) is 13.2. The molecule has 0 amide bonds. The molecule has 0 heterocycles. The minimum absolute atomic E-state index is 0.222. The van der Waals surface area contributed by atoms with E-state index in [0.29, 0.717) is 5.92 Å². The lowest BCUT2D eigenvalue weighted by Crippen LogP contribution is -2.09. The summed E-state index contributed by atoms with van der Waals surface area (Å²) in [6.07, 6.45) is 1.69. The lowest BCUT2D eigenvalue weighted by atomic mass is 9.92. The van der Waals surface area contributed by atoms with Crippen molar-refractivity contribution in [1.29, 1.82) is 0 Å².